The third-order valence-corrected chi connectivity index (χ3v) is 5.17. The normalized spacial score (nSPS) is 10.8. The number of anilines is 2. The van der Waals surface area contributed by atoms with Gasteiger partial charge in [0.05, 0.1) is 23.6 Å². The Morgan fingerprint density at radius 1 is 1.10 bits per heavy atom. The number of amides is 2. The number of nitrogens with one attached hydrogen (secondary N) is 3. The Labute approximate surface area is 175 Å². The van der Waals surface area contributed by atoms with Crippen LogP contribution in [0.1, 0.15) is 28.1 Å². The lowest BCUT2D eigenvalue weighted by atomic mass is 10.0. The number of aromatic nitrogens is 2. The van der Waals surface area contributed by atoms with Crippen molar-refractivity contribution in [2.75, 3.05) is 23.8 Å². The molecule has 0 saturated heterocycles. The summed E-state index contributed by atoms with van der Waals surface area (Å²) in [5.74, 6) is -0.982. The van der Waals surface area contributed by atoms with E-state index in [4.69, 9.17) is 5.11 Å². The number of carbonyl (C=O) groups is 2. The number of pyridine rings is 1. The molecule has 0 saturated carbocycles. The fourth-order valence-corrected chi connectivity index (χ4v) is 3.32. The van der Waals surface area contributed by atoms with Gasteiger partial charge in [-0.05, 0) is 50.5 Å². The van der Waals surface area contributed by atoms with E-state index in [1.165, 1.54) is 16.7 Å². The lowest BCUT2D eigenvalue weighted by Crippen LogP contribution is -2.34. The molecule has 2 aromatic heterocycles. The average Bonchev–Trinajstić information content (AvgIpc) is 3.00. The SMILES string of the molecule is Cc1cccc(C)c1CNc1cc(NC(=O)CNC(=O)CO)cn2c(C)c(C)nc12. The summed E-state index contributed by atoms with van der Waals surface area (Å²) >= 11 is 0. The van der Waals surface area contributed by atoms with Gasteiger partial charge in [0, 0.05) is 18.4 Å². The first kappa shape index (κ1) is 21.3. The number of rotatable bonds is 7. The topological polar surface area (TPSA) is 108 Å². The maximum Gasteiger partial charge on any atom is 0.246 e. The lowest BCUT2D eigenvalue weighted by molar-refractivity contribution is -0.126. The molecule has 0 aliphatic rings. The maximum atomic E-state index is 12.2. The van der Waals surface area contributed by atoms with Gasteiger partial charge in [0.2, 0.25) is 11.8 Å². The maximum absolute atomic E-state index is 12.2. The number of nitrogens with zero attached hydrogens (tertiary/aromatic N) is 2. The van der Waals surface area contributed by atoms with Crippen molar-refractivity contribution < 1.29 is 14.7 Å². The molecule has 0 bridgehead atoms. The van der Waals surface area contributed by atoms with Crippen molar-refractivity contribution in [3.8, 4) is 0 Å². The quantitative estimate of drug-likeness (QED) is 0.479. The predicted molar refractivity (Wildman–Crippen MR) is 117 cm³/mol. The molecule has 0 radical (unpaired) electrons. The largest absolute Gasteiger partial charge is 0.387 e. The van der Waals surface area contributed by atoms with Crippen molar-refractivity contribution in [3.63, 3.8) is 0 Å². The number of hydrogen-bond acceptors (Lipinski definition) is 5. The number of carbonyl (C=O) groups excluding carboxylic acids is 2. The van der Waals surface area contributed by atoms with E-state index in [2.05, 4.69) is 46.9 Å². The molecule has 158 valence electrons. The van der Waals surface area contributed by atoms with E-state index in [1.807, 2.05) is 30.4 Å². The minimum Gasteiger partial charge on any atom is -0.387 e. The van der Waals surface area contributed by atoms with E-state index in [0.29, 0.717) is 12.2 Å². The average molecular weight is 409 g/mol. The summed E-state index contributed by atoms with van der Waals surface area (Å²) in [6, 6.07) is 8.04. The van der Waals surface area contributed by atoms with Crippen LogP contribution in [0, 0.1) is 27.7 Å². The Balaban J connectivity index is 1.88. The molecule has 0 aliphatic carbocycles. The monoisotopic (exact) mass is 409 g/mol. The number of hydrogen-bond donors (Lipinski definition) is 4. The third-order valence-electron chi connectivity index (χ3n) is 5.17. The van der Waals surface area contributed by atoms with E-state index in [1.54, 1.807) is 6.20 Å². The molecule has 0 spiro atoms. The molecule has 30 heavy (non-hydrogen) atoms. The van der Waals surface area contributed by atoms with Gasteiger partial charge in [-0.25, -0.2) is 4.98 Å². The van der Waals surface area contributed by atoms with Gasteiger partial charge < -0.3 is 25.5 Å². The van der Waals surface area contributed by atoms with Gasteiger partial charge in [-0.15, -0.1) is 0 Å². The number of fused-ring (bicyclic) bond motifs is 1. The van der Waals surface area contributed by atoms with Crippen LogP contribution in [0.25, 0.3) is 5.65 Å². The summed E-state index contributed by atoms with van der Waals surface area (Å²) in [6.07, 6.45) is 1.81. The molecule has 2 amide bonds. The first-order chi connectivity index (χ1) is 14.3. The molecule has 8 heteroatoms. The van der Waals surface area contributed by atoms with Gasteiger partial charge in [0.15, 0.2) is 5.65 Å². The molecule has 1 aromatic carbocycles. The van der Waals surface area contributed by atoms with Crippen LogP contribution in [0.15, 0.2) is 30.5 Å². The summed E-state index contributed by atoms with van der Waals surface area (Å²) in [4.78, 5) is 28.0. The van der Waals surface area contributed by atoms with E-state index < -0.39 is 12.5 Å². The first-order valence-corrected chi connectivity index (χ1v) is 9.75. The molecule has 3 rings (SSSR count). The predicted octanol–water partition coefficient (Wildman–Crippen LogP) is 2.23. The highest BCUT2D eigenvalue weighted by molar-refractivity contribution is 5.95. The molecule has 0 atom stereocenters. The van der Waals surface area contributed by atoms with Crippen LogP contribution in [0.5, 0.6) is 0 Å². The van der Waals surface area contributed by atoms with E-state index in [9.17, 15) is 9.59 Å². The zero-order valence-electron chi connectivity index (χ0n) is 17.7. The minimum atomic E-state index is -0.654. The van der Waals surface area contributed by atoms with Crippen molar-refractivity contribution in [2.45, 2.75) is 34.2 Å². The van der Waals surface area contributed by atoms with Crippen LogP contribution in [0.2, 0.25) is 0 Å². The lowest BCUT2D eigenvalue weighted by Gasteiger charge is -2.15. The molecule has 0 aliphatic heterocycles. The number of imidazole rings is 1. The van der Waals surface area contributed by atoms with Crippen molar-refractivity contribution in [3.05, 3.63) is 58.5 Å². The Hall–Kier alpha value is -3.39. The number of aliphatic hydroxyl groups excluding tert-OH is 1. The molecular formula is C22H27N5O3. The van der Waals surface area contributed by atoms with Gasteiger partial charge in [-0.2, -0.15) is 0 Å². The highest BCUT2D eigenvalue weighted by Gasteiger charge is 2.13. The molecule has 4 N–H and O–H groups in total. The summed E-state index contributed by atoms with van der Waals surface area (Å²) < 4.78 is 1.93. The minimum absolute atomic E-state index is 0.218. The molecule has 0 fully saturated rings. The zero-order chi connectivity index (χ0) is 21.8. The van der Waals surface area contributed by atoms with Gasteiger partial charge >= 0.3 is 0 Å². The highest BCUT2D eigenvalue weighted by atomic mass is 16.3. The van der Waals surface area contributed by atoms with E-state index in [-0.39, 0.29) is 12.5 Å². The molecule has 3 aromatic rings. The molecule has 0 unspecified atom stereocenters. The second kappa shape index (κ2) is 8.96. The third kappa shape index (κ3) is 4.60. The van der Waals surface area contributed by atoms with Crippen LogP contribution >= 0.6 is 0 Å². The van der Waals surface area contributed by atoms with Crippen LogP contribution in [0.3, 0.4) is 0 Å². The van der Waals surface area contributed by atoms with Crippen LogP contribution in [-0.2, 0) is 16.1 Å². The van der Waals surface area contributed by atoms with Gasteiger partial charge in [0.1, 0.15) is 6.61 Å². The Bertz CT molecular complexity index is 1080. The fraction of sp³-hybridized carbons (Fsp3) is 0.318. The highest BCUT2D eigenvalue weighted by Crippen LogP contribution is 2.25. The molecule has 8 nitrogen and oxygen atoms in total. The van der Waals surface area contributed by atoms with Gasteiger partial charge in [-0.3, -0.25) is 9.59 Å². The van der Waals surface area contributed by atoms with Crippen molar-refractivity contribution in [1.82, 2.24) is 14.7 Å². The van der Waals surface area contributed by atoms with Crippen LogP contribution in [0.4, 0.5) is 11.4 Å². The van der Waals surface area contributed by atoms with Crippen LogP contribution < -0.4 is 16.0 Å². The van der Waals surface area contributed by atoms with Crippen molar-refractivity contribution >= 4 is 28.8 Å². The van der Waals surface area contributed by atoms with Crippen molar-refractivity contribution in [1.29, 1.82) is 0 Å². The van der Waals surface area contributed by atoms with Crippen molar-refractivity contribution in [2.24, 2.45) is 0 Å². The second-order valence-electron chi connectivity index (χ2n) is 7.33. The number of aliphatic hydroxyl groups is 1. The molecule has 2 heterocycles. The zero-order valence-corrected chi connectivity index (χ0v) is 17.7. The number of benzene rings is 1. The Morgan fingerprint density at radius 3 is 2.47 bits per heavy atom. The van der Waals surface area contributed by atoms with Crippen LogP contribution in [-0.4, -0.2) is 39.5 Å². The second-order valence-corrected chi connectivity index (χ2v) is 7.33. The number of aryl methyl sites for hydroxylation is 4. The summed E-state index contributed by atoms with van der Waals surface area (Å²) in [7, 11) is 0. The fourth-order valence-electron chi connectivity index (χ4n) is 3.32. The summed E-state index contributed by atoms with van der Waals surface area (Å²) in [6.45, 7) is 7.84. The van der Waals surface area contributed by atoms with Gasteiger partial charge in [-0.1, -0.05) is 18.2 Å². The van der Waals surface area contributed by atoms with E-state index >= 15 is 0 Å². The van der Waals surface area contributed by atoms with E-state index in [0.717, 1.165) is 22.7 Å². The summed E-state index contributed by atoms with van der Waals surface area (Å²) in [5, 5.41) is 17.3. The Morgan fingerprint density at radius 2 is 1.80 bits per heavy atom. The van der Waals surface area contributed by atoms with Gasteiger partial charge in [0.25, 0.3) is 0 Å². The Kier molecular flexibility index (Phi) is 6.37. The smallest absolute Gasteiger partial charge is 0.246 e. The summed E-state index contributed by atoms with van der Waals surface area (Å²) in [5.41, 5.74) is 7.67. The molecular weight excluding hydrogens is 382 g/mol. The first-order valence-electron chi connectivity index (χ1n) is 9.75. The standard InChI is InChI=1S/C22H27N5O3/c1-13-6-5-7-14(2)18(13)9-23-19-8-17(26-20(29)10-24-21(30)12-28)11-27-16(4)15(3)25-22(19)27/h5-8,11,23,28H,9-10,12H2,1-4H3,(H,24,30)(H,26,29).